The van der Waals surface area contributed by atoms with Crippen molar-refractivity contribution in [1.82, 2.24) is 5.32 Å². The second-order valence-electron chi connectivity index (χ2n) is 15.2. The second kappa shape index (κ2) is 31.1. The molecule has 2 aliphatic rings. The van der Waals surface area contributed by atoms with Crippen LogP contribution in [-0.4, -0.2) is 137 Å². The van der Waals surface area contributed by atoms with E-state index in [1.54, 1.807) is 0 Å². The third-order valence-corrected chi connectivity index (χ3v) is 10.2. The van der Waals surface area contributed by atoms with Crippen LogP contribution in [0.3, 0.4) is 0 Å². The number of halogens is 6. The molecular formula is C42H73Cl3F3NO12. The second-order valence-corrected chi connectivity index (χ2v) is 17.7. The molecule has 0 aliphatic carbocycles. The molecule has 0 radical (unpaired) electrons. The highest BCUT2D eigenvalue weighted by Gasteiger charge is 2.55. The zero-order valence-electron chi connectivity index (χ0n) is 37.0. The van der Waals surface area contributed by atoms with E-state index >= 15 is 0 Å². The van der Waals surface area contributed by atoms with Gasteiger partial charge in [-0.3, -0.25) is 0 Å². The van der Waals surface area contributed by atoms with E-state index in [4.69, 9.17) is 86.9 Å². The molecule has 2 aliphatic heterocycles. The van der Waals surface area contributed by atoms with Gasteiger partial charge in [0, 0.05) is 39.6 Å². The number of alkyl halides is 6. The number of amides is 1. The van der Waals surface area contributed by atoms with E-state index in [2.05, 4.69) is 32.7 Å². The average Bonchev–Trinajstić information content (AvgIpc) is 3.20. The summed E-state index contributed by atoms with van der Waals surface area (Å²) in [5.41, 5.74) is 0. The van der Waals surface area contributed by atoms with Gasteiger partial charge in [0.15, 0.2) is 12.0 Å². The minimum Gasteiger partial charge on any atom is -0.458 e. The fraction of sp³-hybridized carbons (Fsp3) is 0.929. The van der Waals surface area contributed by atoms with E-state index in [9.17, 15) is 18.0 Å². The number of ether oxygens (including phenoxy) is 11. The molecule has 0 spiro atoms. The monoisotopic (exact) mass is 945 g/mol. The number of allylic oxidation sites excluding steroid dienone is 1. The molecule has 13 nitrogen and oxygen atoms in total. The van der Waals surface area contributed by atoms with E-state index in [0.29, 0.717) is 52.3 Å². The standard InChI is InChI=1S/C42H73Cl3F3NO12/c1-8-14-20-51-26-30-33(53-22-16-10-3)36(55-24-18-12-5)37(56-25-19-13-6)39(60-30)61-34-31(27-52-21-15-9-2)59-38(58-29(7)42(46,47)48)32(35(34)54-23-17-11-4)49-40(50)57-28-41(43,44)45/h30-39H,7-28H2,1-6H3,(H,49,50)/t30?,31?,32?,33-,34+,35+,36?,37-,38?,39-/m0/s1. The Morgan fingerprint density at radius 2 is 1.03 bits per heavy atom. The van der Waals surface area contributed by atoms with Gasteiger partial charge in [-0.25, -0.2) is 4.79 Å². The van der Waals surface area contributed by atoms with E-state index < -0.39 is 89.8 Å². The van der Waals surface area contributed by atoms with Crippen molar-refractivity contribution in [3.8, 4) is 0 Å². The van der Waals surface area contributed by atoms with Crippen molar-refractivity contribution in [2.75, 3.05) is 59.5 Å². The van der Waals surface area contributed by atoms with Crippen molar-refractivity contribution in [3.63, 3.8) is 0 Å². The number of rotatable bonds is 32. The van der Waals surface area contributed by atoms with Crippen molar-refractivity contribution < 1.29 is 70.1 Å². The summed E-state index contributed by atoms with van der Waals surface area (Å²) in [5, 5.41) is 2.54. The molecule has 2 fully saturated rings. The number of nitrogens with one attached hydrogen (secondary N) is 1. The summed E-state index contributed by atoms with van der Waals surface area (Å²) in [4.78, 5) is 13.3. The zero-order chi connectivity index (χ0) is 45.3. The molecule has 19 heteroatoms. The van der Waals surface area contributed by atoms with Gasteiger partial charge in [-0.2, -0.15) is 13.2 Å². The molecule has 0 bridgehead atoms. The summed E-state index contributed by atoms with van der Waals surface area (Å²) in [6.07, 6.45) is -6.04. The molecule has 0 aromatic rings. The molecule has 2 heterocycles. The van der Waals surface area contributed by atoms with Crippen molar-refractivity contribution in [2.24, 2.45) is 0 Å². The van der Waals surface area contributed by atoms with Crippen molar-refractivity contribution >= 4 is 40.9 Å². The van der Waals surface area contributed by atoms with Crippen LogP contribution in [0.4, 0.5) is 18.0 Å². The van der Waals surface area contributed by atoms with E-state index in [-0.39, 0.29) is 19.8 Å². The molecule has 2 rings (SSSR count). The Balaban J connectivity index is 2.79. The van der Waals surface area contributed by atoms with Gasteiger partial charge in [0.2, 0.25) is 10.1 Å². The molecule has 2 saturated heterocycles. The predicted molar refractivity (Wildman–Crippen MR) is 227 cm³/mol. The van der Waals surface area contributed by atoms with Gasteiger partial charge in [-0.05, 0) is 38.5 Å². The SMILES string of the molecule is C=C(OC1OC(COCCCC)[C@@H](O[C@@H]2OC(COCCCC)[C@H](OCCCC)C(OCCCC)[C@@H]2OCCCC)[C@H](OCCCC)C1NC(=O)OCC(Cl)(Cl)Cl)C(F)(F)F. The molecule has 1 amide bonds. The van der Waals surface area contributed by atoms with Crippen molar-refractivity contribution in [1.29, 1.82) is 0 Å². The molecular weight excluding hydrogens is 874 g/mol. The first kappa shape index (κ1) is 56.2. The van der Waals surface area contributed by atoms with Gasteiger partial charge >= 0.3 is 12.3 Å². The molecule has 1 N–H and O–H groups in total. The van der Waals surface area contributed by atoms with E-state index in [0.717, 1.165) is 57.8 Å². The Morgan fingerprint density at radius 3 is 1.51 bits per heavy atom. The smallest absolute Gasteiger partial charge is 0.448 e. The lowest BCUT2D eigenvalue weighted by Crippen LogP contribution is -2.69. The first-order chi connectivity index (χ1) is 29.1. The number of hydrogen-bond acceptors (Lipinski definition) is 12. The maximum absolute atomic E-state index is 14.0. The lowest BCUT2D eigenvalue weighted by Gasteiger charge is -2.50. The molecule has 61 heavy (non-hydrogen) atoms. The van der Waals surface area contributed by atoms with Crippen LogP contribution in [0, 0.1) is 0 Å². The summed E-state index contributed by atoms with van der Waals surface area (Å²) in [5.74, 6) is -1.57. The van der Waals surface area contributed by atoms with Gasteiger partial charge in [0.05, 0.1) is 13.2 Å². The first-order valence-corrected chi connectivity index (χ1v) is 23.3. The number of alkyl carbamates (subject to hydrolysis) is 1. The third-order valence-electron chi connectivity index (χ3n) is 9.84. The Hall–Kier alpha value is -0.890. The third kappa shape index (κ3) is 21.3. The largest absolute Gasteiger partial charge is 0.458 e. The maximum Gasteiger partial charge on any atom is 0.448 e. The van der Waals surface area contributed by atoms with Crippen LogP contribution in [0.2, 0.25) is 0 Å². The van der Waals surface area contributed by atoms with Gasteiger partial charge in [-0.1, -0.05) is 121 Å². The number of unbranched alkanes of at least 4 members (excludes halogenated alkanes) is 6. The topological polar surface area (TPSA) is 131 Å². The summed E-state index contributed by atoms with van der Waals surface area (Å²) in [6.45, 7) is 16.7. The van der Waals surface area contributed by atoms with Gasteiger partial charge < -0.3 is 57.4 Å². The van der Waals surface area contributed by atoms with Gasteiger partial charge in [0.1, 0.15) is 55.4 Å². The maximum atomic E-state index is 14.0. The van der Waals surface area contributed by atoms with E-state index in [1.807, 2.05) is 20.8 Å². The van der Waals surface area contributed by atoms with Crippen LogP contribution in [0.15, 0.2) is 12.3 Å². The lowest BCUT2D eigenvalue weighted by molar-refractivity contribution is -0.362. The van der Waals surface area contributed by atoms with Gasteiger partial charge in [0.25, 0.3) is 0 Å². The molecule has 5 unspecified atom stereocenters. The fourth-order valence-corrected chi connectivity index (χ4v) is 6.54. The van der Waals surface area contributed by atoms with Crippen LogP contribution in [0.1, 0.15) is 119 Å². The van der Waals surface area contributed by atoms with Crippen LogP contribution < -0.4 is 5.32 Å². The van der Waals surface area contributed by atoms with Gasteiger partial charge in [-0.15, -0.1) is 0 Å². The summed E-state index contributed by atoms with van der Waals surface area (Å²) in [6, 6.07) is -1.51. The molecule has 0 saturated carbocycles. The number of hydrogen-bond donors (Lipinski definition) is 1. The molecule has 360 valence electrons. The molecule has 10 atom stereocenters. The average molecular weight is 947 g/mol. The van der Waals surface area contributed by atoms with Crippen molar-refractivity contribution in [2.45, 2.75) is 190 Å². The summed E-state index contributed by atoms with van der Waals surface area (Å²) < 4.78 is 109. The Kier molecular flexibility index (Phi) is 28.7. The number of carbonyl (C=O) groups is 1. The summed E-state index contributed by atoms with van der Waals surface area (Å²) in [7, 11) is 0. The lowest BCUT2D eigenvalue weighted by atomic mass is 9.94. The highest BCUT2D eigenvalue weighted by atomic mass is 35.6. The highest BCUT2D eigenvalue weighted by Crippen LogP contribution is 2.37. The first-order valence-electron chi connectivity index (χ1n) is 22.2. The molecule has 0 aromatic heterocycles. The van der Waals surface area contributed by atoms with Crippen LogP contribution in [0.25, 0.3) is 0 Å². The fourth-order valence-electron chi connectivity index (χ4n) is 6.38. The van der Waals surface area contributed by atoms with Crippen LogP contribution >= 0.6 is 34.8 Å². The minimum atomic E-state index is -4.97. The van der Waals surface area contributed by atoms with Crippen LogP contribution in [-0.2, 0) is 52.1 Å². The van der Waals surface area contributed by atoms with E-state index in [1.165, 1.54) is 0 Å². The Morgan fingerprint density at radius 1 is 0.607 bits per heavy atom. The summed E-state index contributed by atoms with van der Waals surface area (Å²) >= 11 is 17.5. The molecule has 0 aromatic carbocycles. The normalized spacial score (nSPS) is 27.2. The minimum absolute atomic E-state index is 0.116. The predicted octanol–water partition coefficient (Wildman–Crippen LogP) is 9.75. The van der Waals surface area contributed by atoms with Crippen molar-refractivity contribution in [3.05, 3.63) is 12.3 Å². The highest BCUT2D eigenvalue weighted by molar-refractivity contribution is 6.67. The Bertz CT molecular complexity index is 1180. The zero-order valence-corrected chi connectivity index (χ0v) is 39.3. The van der Waals surface area contributed by atoms with Crippen LogP contribution in [0.5, 0.6) is 0 Å². The Labute approximate surface area is 376 Å². The number of carbonyl (C=O) groups excluding carboxylic acids is 1. The quantitative estimate of drug-likeness (QED) is 0.0392.